The van der Waals surface area contributed by atoms with Crippen molar-refractivity contribution in [2.24, 2.45) is 0 Å². The fourth-order valence-corrected chi connectivity index (χ4v) is 5.85. The number of rotatable bonds is 3. The van der Waals surface area contributed by atoms with Crippen LogP contribution in [0.3, 0.4) is 0 Å². The average molecular weight is 481 g/mol. The van der Waals surface area contributed by atoms with E-state index in [1.54, 1.807) is 18.3 Å². The summed E-state index contributed by atoms with van der Waals surface area (Å²) in [7, 11) is 0. The minimum Gasteiger partial charge on any atom is -0.347 e. The number of amides is 1. The number of aryl methyl sites for hydroxylation is 2. The number of thiophene rings is 1. The molecule has 1 saturated heterocycles. The Hall–Kier alpha value is -1.93. The molecule has 5 rings (SSSR count). The zero-order chi connectivity index (χ0) is 20.7. The second-order valence-electron chi connectivity index (χ2n) is 7.85. The number of nitrogens with zero attached hydrogens (tertiary/aromatic N) is 2. The topological polar surface area (TPSA) is 59.0 Å². The lowest BCUT2D eigenvalue weighted by atomic mass is 9.86. The third kappa shape index (κ3) is 4.37. The highest BCUT2D eigenvalue weighted by atomic mass is 35.5. The number of hydrogen-bond acceptors (Lipinski definition) is 4. The van der Waals surface area contributed by atoms with Crippen LogP contribution in [0.15, 0.2) is 36.5 Å². The smallest absolute Gasteiger partial charge is 0.261 e. The molecule has 164 valence electrons. The van der Waals surface area contributed by atoms with Crippen molar-refractivity contribution < 1.29 is 9.18 Å². The van der Waals surface area contributed by atoms with Crippen LogP contribution in [0.5, 0.6) is 0 Å². The number of benzene rings is 1. The Morgan fingerprint density at radius 2 is 2.23 bits per heavy atom. The molecule has 5 nitrogen and oxygen atoms in total. The molecule has 0 aliphatic carbocycles. The van der Waals surface area contributed by atoms with Crippen LogP contribution in [0.2, 0.25) is 5.02 Å². The highest BCUT2D eigenvalue weighted by Gasteiger charge is 2.30. The van der Waals surface area contributed by atoms with Crippen LogP contribution < -0.4 is 10.6 Å². The fourth-order valence-electron chi connectivity index (χ4n) is 4.50. The maximum Gasteiger partial charge on any atom is 0.261 e. The van der Waals surface area contributed by atoms with Gasteiger partial charge in [-0.1, -0.05) is 23.7 Å². The summed E-state index contributed by atoms with van der Waals surface area (Å²) in [6.45, 7) is 2.34. The molecule has 3 aromatic rings. The molecule has 31 heavy (non-hydrogen) atoms. The van der Waals surface area contributed by atoms with E-state index in [1.165, 1.54) is 22.3 Å². The minimum absolute atomic E-state index is 0. The molecule has 0 spiro atoms. The average Bonchev–Trinajstić information content (AvgIpc) is 3.27. The molecule has 0 radical (unpaired) electrons. The van der Waals surface area contributed by atoms with E-state index in [4.69, 9.17) is 11.6 Å². The molecule has 1 amide bonds. The van der Waals surface area contributed by atoms with Gasteiger partial charge in [-0.3, -0.25) is 9.48 Å². The van der Waals surface area contributed by atoms with E-state index >= 15 is 0 Å². The maximum absolute atomic E-state index is 13.7. The van der Waals surface area contributed by atoms with E-state index in [0.29, 0.717) is 16.4 Å². The number of halogens is 3. The largest absolute Gasteiger partial charge is 0.347 e. The maximum atomic E-state index is 13.7. The molecule has 0 saturated carbocycles. The molecule has 9 heteroatoms. The van der Waals surface area contributed by atoms with Crippen molar-refractivity contribution >= 4 is 41.3 Å². The highest BCUT2D eigenvalue weighted by molar-refractivity contribution is 7.14. The first kappa shape index (κ1) is 22.3. The summed E-state index contributed by atoms with van der Waals surface area (Å²) in [5.74, 6) is -0.253. The molecule has 4 heterocycles. The molecule has 2 atom stereocenters. The van der Waals surface area contributed by atoms with Gasteiger partial charge in [0.05, 0.1) is 21.8 Å². The molecule has 0 unspecified atom stereocenters. The predicted octanol–water partition coefficient (Wildman–Crippen LogP) is 4.65. The zero-order valence-electron chi connectivity index (χ0n) is 16.7. The van der Waals surface area contributed by atoms with Gasteiger partial charge < -0.3 is 10.6 Å². The van der Waals surface area contributed by atoms with Gasteiger partial charge in [0.25, 0.3) is 5.91 Å². The number of carbonyl (C=O) groups excluding carboxylic acids is 1. The number of carbonyl (C=O) groups is 1. The van der Waals surface area contributed by atoms with Crippen molar-refractivity contribution in [1.29, 1.82) is 0 Å². The summed E-state index contributed by atoms with van der Waals surface area (Å²) in [6.07, 6.45) is 4.39. The number of fused-ring (bicyclic) bond motifs is 3. The number of hydrogen-bond donors (Lipinski definition) is 2. The van der Waals surface area contributed by atoms with Crippen LogP contribution in [0, 0.1) is 5.82 Å². The molecule has 2 aliphatic rings. The lowest BCUT2D eigenvalue weighted by Gasteiger charge is -2.33. The van der Waals surface area contributed by atoms with E-state index in [9.17, 15) is 9.18 Å². The van der Waals surface area contributed by atoms with Crippen molar-refractivity contribution in [3.8, 4) is 11.3 Å². The number of piperidine rings is 1. The van der Waals surface area contributed by atoms with Gasteiger partial charge in [0, 0.05) is 35.5 Å². The van der Waals surface area contributed by atoms with Gasteiger partial charge in [-0.05, 0) is 49.6 Å². The van der Waals surface area contributed by atoms with Crippen LogP contribution in [0.1, 0.15) is 38.9 Å². The number of aromatic nitrogens is 2. The summed E-state index contributed by atoms with van der Waals surface area (Å²) in [5, 5.41) is 11.5. The third-order valence-corrected chi connectivity index (χ3v) is 7.40. The summed E-state index contributed by atoms with van der Waals surface area (Å²) < 4.78 is 15.7. The van der Waals surface area contributed by atoms with Gasteiger partial charge in [0.15, 0.2) is 0 Å². The Bertz CT molecular complexity index is 1100. The van der Waals surface area contributed by atoms with Crippen LogP contribution in [0.25, 0.3) is 11.3 Å². The van der Waals surface area contributed by atoms with Crippen LogP contribution in [0.4, 0.5) is 4.39 Å². The van der Waals surface area contributed by atoms with Crippen LogP contribution in [-0.4, -0.2) is 34.8 Å². The summed E-state index contributed by atoms with van der Waals surface area (Å²) in [6, 6.07) is 8.54. The van der Waals surface area contributed by atoms with Gasteiger partial charge >= 0.3 is 0 Å². The van der Waals surface area contributed by atoms with Crippen molar-refractivity contribution in [2.45, 2.75) is 37.8 Å². The van der Waals surface area contributed by atoms with Crippen molar-refractivity contribution in [2.75, 3.05) is 13.1 Å². The first-order valence-corrected chi connectivity index (χ1v) is 11.4. The van der Waals surface area contributed by atoms with Crippen molar-refractivity contribution in [3.05, 3.63) is 62.7 Å². The first-order valence-electron chi connectivity index (χ1n) is 10.2. The Balaban J connectivity index is 0.00000231. The number of nitrogens with one attached hydrogen (secondary N) is 2. The summed E-state index contributed by atoms with van der Waals surface area (Å²) in [4.78, 5) is 15.0. The van der Waals surface area contributed by atoms with Crippen molar-refractivity contribution in [3.63, 3.8) is 0 Å². The van der Waals surface area contributed by atoms with Crippen molar-refractivity contribution in [1.82, 2.24) is 20.4 Å². The van der Waals surface area contributed by atoms with E-state index in [0.717, 1.165) is 49.2 Å². The van der Waals surface area contributed by atoms with Gasteiger partial charge in [-0.25, -0.2) is 4.39 Å². The molecular formula is C22H23Cl2FN4OS. The Morgan fingerprint density at radius 1 is 1.35 bits per heavy atom. The third-order valence-electron chi connectivity index (χ3n) is 5.93. The SMILES string of the molecule is Cl.O=C(N[C@@H]1CNCC[C@H]1c1cccc(F)c1)c1cc2c(s1)CCCn1ncc(Cl)c1-2. The Morgan fingerprint density at radius 3 is 3.06 bits per heavy atom. The molecule has 0 bridgehead atoms. The summed E-state index contributed by atoms with van der Waals surface area (Å²) in [5.41, 5.74) is 2.84. The van der Waals surface area contributed by atoms with Crippen LogP contribution in [-0.2, 0) is 13.0 Å². The van der Waals surface area contributed by atoms with Crippen LogP contribution >= 0.6 is 35.3 Å². The first-order chi connectivity index (χ1) is 14.6. The fraction of sp³-hybridized carbons (Fsp3) is 0.364. The normalized spacial score (nSPS) is 20.2. The second-order valence-corrected chi connectivity index (χ2v) is 9.39. The van der Waals surface area contributed by atoms with E-state index in [2.05, 4.69) is 15.7 Å². The van der Waals surface area contributed by atoms with E-state index in [-0.39, 0.29) is 36.1 Å². The second kappa shape index (κ2) is 9.28. The standard InChI is InChI=1S/C22H22ClFN4OS.ClH/c23-17-11-26-28-8-2-5-19-16(21(17)28)10-20(30-19)22(29)27-18-12-25-7-6-15(18)13-3-1-4-14(24)9-13;/h1,3-4,9-11,15,18,25H,2,5-8,12H2,(H,27,29);1H/t15-,18+;/m0./s1. The quantitative estimate of drug-likeness (QED) is 0.573. The molecular weight excluding hydrogens is 458 g/mol. The highest BCUT2D eigenvalue weighted by Crippen LogP contribution is 2.38. The lowest BCUT2D eigenvalue weighted by molar-refractivity contribution is 0.0928. The molecule has 2 aromatic heterocycles. The lowest BCUT2D eigenvalue weighted by Crippen LogP contribution is -2.49. The molecule has 2 aliphatic heterocycles. The Kier molecular flexibility index (Phi) is 6.67. The minimum atomic E-state index is -0.244. The van der Waals surface area contributed by atoms with E-state index < -0.39 is 0 Å². The van der Waals surface area contributed by atoms with Gasteiger partial charge in [0.1, 0.15) is 5.82 Å². The van der Waals surface area contributed by atoms with Gasteiger partial charge in [-0.15, -0.1) is 23.7 Å². The van der Waals surface area contributed by atoms with Gasteiger partial charge in [-0.2, -0.15) is 5.10 Å². The van der Waals surface area contributed by atoms with Gasteiger partial charge in [0.2, 0.25) is 0 Å². The molecule has 1 aromatic carbocycles. The summed E-state index contributed by atoms with van der Waals surface area (Å²) >= 11 is 7.91. The molecule has 2 N–H and O–H groups in total. The Labute approximate surface area is 195 Å². The van der Waals surface area contributed by atoms with E-state index in [1.807, 2.05) is 16.8 Å². The monoisotopic (exact) mass is 480 g/mol. The zero-order valence-corrected chi connectivity index (χ0v) is 19.1. The predicted molar refractivity (Wildman–Crippen MR) is 124 cm³/mol. The molecule has 1 fully saturated rings.